The fourth-order valence-corrected chi connectivity index (χ4v) is 3.52. The number of nitrogens with one attached hydrogen (secondary N) is 1. The van der Waals surface area contributed by atoms with Gasteiger partial charge >= 0.3 is 0 Å². The number of fused-ring (bicyclic) bond motifs is 1. The van der Waals surface area contributed by atoms with Gasteiger partial charge in [-0.1, -0.05) is 67.9 Å². The molecule has 0 aromatic heterocycles. The number of hydrogen-bond acceptors (Lipinski definition) is 2. The average Bonchev–Trinajstić information content (AvgIpc) is 2.69. The van der Waals surface area contributed by atoms with Gasteiger partial charge in [-0.2, -0.15) is 0 Å². The zero-order chi connectivity index (χ0) is 19.0. The Kier molecular flexibility index (Phi) is 4.44. The number of carbonyl (C=O) groups is 1. The SMILES string of the molecule is Cc1ccc(C2Nc3ccccc3C(=O)N2c2ccc(C(C)C)cc2)cc1. The van der Waals surface area contributed by atoms with Crippen LogP contribution in [0.25, 0.3) is 0 Å². The summed E-state index contributed by atoms with van der Waals surface area (Å²) in [6, 6.07) is 24.4. The van der Waals surface area contributed by atoms with E-state index in [0.29, 0.717) is 11.5 Å². The lowest BCUT2D eigenvalue weighted by atomic mass is 10.00. The van der Waals surface area contributed by atoms with Gasteiger partial charge in [-0.25, -0.2) is 0 Å². The van der Waals surface area contributed by atoms with Crippen molar-refractivity contribution in [2.45, 2.75) is 32.9 Å². The number of amides is 1. The Morgan fingerprint density at radius 2 is 1.56 bits per heavy atom. The molecule has 0 bridgehead atoms. The van der Waals surface area contributed by atoms with E-state index in [2.05, 4.69) is 62.5 Å². The van der Waals surface area contributed by atoms with E-state index in [1.54, 1.807) is 0 Å². The number of hydrogen-bond donors (Lipinski definition) is 1. The predicted octanol–water partition coefficient (Wildman–Crippen LogP) is 5.89. The minimum Gasteiger partial charge on any atom is -0.360 e. The summed E-state index contributed by atoms with van der Waals surface area (Å²) in [6.45, 7) is 6.42. The summed E-state index contributed by atoms with van der Waals surface area (Å²) in [6.07, 6.45) is -0.238. The molecule has 0 spiro atoms. The van der Waals surface area contributed by atoms with Gasteiger partial charge in [-0.15, -0.1) is 0 Å². The van der Waals surface area contributed by atoms with E-state index in [4.69, 9.17) is 0 Å². The lowest BCUT2D eigenvalue weighted by Crippen LogP contribution is -2.43. The van der Waals surface area contributed by atoms with E-state index >= 15 is 0 Å². The first-order valence-corrected chi connectivity index (χ1v) is 9.40. The van der Waals surface area contributed by atoms with E-state index in [1.807, 2.05) is 41.3 Å². The molecule has 3 heteroatoms. The van der Waals surface area contributed by atoms with Crippen LogP contribution in [0.2, 0.25) is 0 Å². The van der Waals surface area contributed by atoms with Crippen LogP contribution in [0.1, 0.15) is 53.0 Å². The van der Waals surface area contributed by atoms with Crippen LogP contribution in [0.3, 0.4) is 0 Å². The highest BCUT2D eigenvalue weighted by atomic mass is 16.2. The van der Waals surface area contributed by atoms with Gasteiger partial charge < -0.3 is 5.32 Å². The van der Waals surface area contributed by atoms with Gasteiger partial charge in [0.2, 0.25) is 0 Å². The third-order valence-electron chi connectivity index (χ3n) is 5.16. The summed E-state index contributed by atoms with van der Waals surface area (Å²) in [5, 5.41) is 3.55. The molecule has 1 aliphatic heterocycles. The number of aryl methyl sites for hydroxylation is 1. The second kappa shape index (κ2) is 6.92. The zero-order valence-electron chi connectivity index (χ0n) is 15.9. The summed E-state index contributed by atoms with van der Waals surface area (Å²) in [5.41, 5.74) is 6.02. The second-order valence-electron chi connectivity index (χ2n) is 7.42. The summed E-state index contributed by atoms with van der Waals surface area (Å²) in [7, 11) is 0. The highest BCUT2D eigenvalue weighted by molar-refractivity contribution is 6.12. The first-order chi connectivity index (χ1) is 13.0. The summed E-state index contributed by atoms with van der Waals surface area (Å²) in [4.78, 5) is 15.2. The van der Waals surface area contributed by atoms with Gasteiger partial charge in [0.05, 0.1) is 5.56 Å². The molecule has 3 nitrogen and oxygen atoms in total. The molecule has 0 aliphatic carbocycles. The first kappa shape index (κ1) is 17.3. The number of rotatable bonds is 3. The largest absolute Gasteiger partial charge is 0.360 e. The van der Waals surface area contributed by atoms with E-state index in [9.17, 15) is 4.79 Å². The van der Waals surface area contributed by atoms with Crippen LogP contribution in [0.4, 0.5) is 11.4 Å². The normalized spacial score (nSPS) is 16.2. The number of benzene rings is 3. The predicted molar refractivity (Wildman–Crippen MR) is 111 cm³/mol. The molecule has 1 atom stereocenters. The van der Waals surface area contributed by atoms with Crippen LogP contribution in [-0.2, 0) is 0 Å². The molecule has 136 valence electrons. The highest BCUT2D eigenvalue weighted by Gasteiger charge is 2.33. The molecule has 1 N–H and O–H groups in total. The van der Waals surface area contributed by atoms with Crippen LogP contribution in [-0.4, -0.2) is 5.91 Å². The number of carbonyl (C=O) groups excluding carboxylic acids is 1. The average molecular weight is 356 g/mol. The Morgan fingerprint density at radius 1 is 0.889 bits per heavy atom. The molecule has 0 fully saturated rings. The lowest BCUT2D eigenvalue weighted by molar-refractivity contribution is 0.0975. The Balaban J connectivity index is 1.81. The quantitative estimate of drug-likeness (QED) is 0.634. The zero-order valence-corrected chi connectivity index (χ0v) is 15.9. The lowest BCUT2D eigenvalue weighted by Gasteiger charge is -2.38. The molecule has 1 amide bonds. The molecule has 3 aromatic rings. The standard InChI is InChI=1S/C24H24N2O/c1-16(2)18-12-14-20(15-13-18)26-23(19-10-8-17(3)9-11-19)25-22-7-5-4-6-21(22)24(26)27/h4-16,23,25H,1-3H3. The van der Waals surface area contributed by atoms with Crippen LogP contribution in [0.5, 0.6) is 0 Å². The summed E-state index contributed by atoms with van der Waals surface area (Å²) < 4.78 is 0. The minimum atomic E-state index is -0.238. The monoisotopic (exact) mass is 356 g/mol. The molecule has 1 heterocycles. The molecule has 0 saturated heterocycles. The molecule has 1 aliphatic rings. The van der Waals surface area contributed by atoms with Gasteiger partial charge in [0.25, 0.3) is 5.91 Å². The highest BCUT2D eigenvalue weighted by Crippen LogP contribution is 2.37. The van der Waals surface area contributed by atoms with Crippen molar-refractivity contribution >= 4 is 17.3 Å². The van der Waals surface area contributed by atoms with E-state index in [-0.39, 0.29) is 12.1 Å². The Hall–Kier alpha value is -3.07. The Bertz CT molecular complexity index is 958. The fourth-order valence-electron chi connectivity index (χ4n) is 3.52. The van der Waals surface area contributed by atoms with E-state index in [0.717, 1.165) is 16.9 Å². The van der Waals surface area contributed by atoms with Crippen molar-refractivity contribution in [1.29, 1.82) is 0 Å². The van der Waals surface area contributed by atoms with Crippen LogP contribution in [0, 0.1) is 6.92 Å². The van der Waals surface area contributed by atoms with Crippen molar-refractivity contribution in [1.82, 2.24) is 0 Å². The molecular formula is C24H24N2O. The van der Waals surface area contributed by atoms with Crippen LogP contribution >= 0.6 is 0 Å². The molecule has 1 unspecified atom stereocenters. The van der Waals surface area contributed by atoms with Crippen LogP contribution < -0.4 is 10.2 Å². The molecule has 0 radical (unpaired) electrons. The third-order valence-corrected chi connectivity index (χ3v) is 5.16. The molecule has 27 heavy (non-hydrogen) atoms. The van der Waals surface area contributed by atoms with Crippen molar-refractivity contribution < 1.29 is 4.79 Å². The molecule has 0 saturated carbocycles. The van der Waals surface area contributed by atoms with Crippen molar-refractivity contribution in [2.75, 3.05) is 10.2 Å². The summed E-state index contributed by atoms with van der Waals surface area (Å²) >= 11 is 0. The topological polar surface area (TPSA) is 32.3 Å². The molecule has 4 rings (SSSR count). The van der Waals surface area contributed by atoms with Gasteiger partial charge in [-0.3, -0.25) is 9.69 Å². The maximum atomic E-state index is 13.4. The van der Waals surface area contributed by atoms with Gasteiger partial charge in [-0.05, 0) is 48.2 Å². The Labute approximate surface area is 160 Å². The second-order valence-corrected chi connectivity index (χ2v) is 7.42. The third kappa shape index (κ3) is 3.21. The summed E-state index contributed by atoms with van der Waals surface area (Å²) in [5.74, 6) is 0.482. The number of para-hydroxylation sites is 1. The molecule has 3 aromatic carbocycles. The number of nitrogens with zero attached hydrogens (tertiary/aromatic N) is 1. The smallest absolute Gasteiger partial charge is 0.262 e. The van der Waals surface area contributed by atoms with E-state index in [1.165, 1.54) is 11.1 Å². The van der Waals surface area contributed by atoms with Crippen molar-refractivity contribution in [2.24, 2.45) is 0 Å². The maximum absolute atomic E-state index is 13.4. The number of anilines is 2. The van der Waals surface area contributed by atoms with Crippen LogP contribution in [0.15, 0.2) is 72.8 Å². The Morgan fingerprint density at radius 3 is 2.22 bits per heavy atom. The van der Waals surface area contributed by atoms with Gasteiger partial charge in [0.15, 0.2) is 0 Å². The van der Waals surface area contributed by atoms with Gasteiger partial charge in [0.1, 0.15) is 6.17 Å². The van der Waals surface area contributed by atoms with Gasteiger partial charge in [0, 0.05) is 11.4 Å². The minimum absolute atomic E-state index is 0.0206. The van der Waals surface area contributed by atoms with E-state index < -0.39 is 0 Å². The first-order valence-electron chi connectivity index (χ1n) is 9.40. The maximum Gasteiger partial charge on any atom is 0.262 e. The molecular weight excluding hydrogens is 332 g/mol. The van der Waals surface area contributed by atoms with Crippen molar-refractivity contribution in [3.63, 3.8) is 0 Å². The van der Waals surface area contributed by atoms with Crippen molar-refractivity contribution in [3.05, 3.63) is 95.1 Å². The fraction of sp³-hybridized carbons (Fsp3) is 0.208. The van der Waals surface area contributed by atoms with Crippen molar-refractivity contribution in [3.8, 4) is 0 Å².